The van der Waals surface area contributed by atoms with Crippen LogP contribution in [0, 0.1) is 17.2 Å². The number of hydrogen-bond acceptors (Lipinski definition) is 7. The van der Waals surface area contributed by atoms with Crippen LogP contribution in [0.2, 0.25) is 0 Å². The number of hydrogen-bond donors (Lipinski definition) is 4. The number of ether oxygens (including phenoxy) is 1. The molecule has 2 aromatic carbocycles. The molecule has 2 heterocycles. The first-order valence-electron chi connectivity index (χ1n) is 12.2. The molecule has 2 aliphatic rings. The molecule has 0 bridgehead atoms. The number of benzene rings is 2. The second-order valence-electron chi connectivity index (χ2n) is 9.03. The van der Waals surface area contributed by atoms with Gasteiger partial charge in [-0.05, 0) is 59.9 Å². The van der Waals surface area contributed by atoms with Crippen LogP contribution in [0.5, 0.6) is 0 Å². The van der Waals surface area contributed by atoms with Crippen molar-refractivity contribution in [3.05, 3.63) is 71.2 Å². The quantitative estimate of drug-likeness (QED) is 0.267. The summed E-state index contributed by atoms with van der Waals surface area (Å²) in [5.41, 5.74) is 1.98. The number of piperidine rings is 1. The molecule has 36 heavy (non-hydrogen) atoms. The van der Waals surface area contributed by atoms with Crippen LogP contribution in [0.15, 0.2) is 65.6 Å². The molecule has 8 heteroatoms. The van der Waals surface area contributed by atoms with E-state index in [0.717, 1.165) is 29.4 Å². The lowest BCUT2D eigenvalue weighted by atomic mass is 9.98. The van der Waals surface area contributed by atoms with E-state index in [9.17, 15) is 20.3 Å². The maximum absolute atomic E-state index is 12.5. The van der Waals surface area contributed by atoms with Crippen molar-refractivity contribution < 1.29 is 24.9 Å². The average Bonchev–Trinajstić information content (AvgIpc) is 2.92. The van der Waals surface area contributed by atoms with Crippen LogP contribution >= 0.6 is 0 Å². The molecule has 1 amide bonds. The van der Waals surface area contributed by atoms with E-state index in [0.29, 0.717) is 0 Å². The Morgan fingerprint density at radius 3 is 2.67 bits per heavy atom. The zero-order chi connectivity index (χ0) is 25.5. The first kappa shape index (κ1) is 25.3. The number of nitriles is 1. The van der Waals surface area contributed by atoms with Gasteiger partial charge in [0, 0.05) is 31.2 Å². The Bertz CT molecular complexity index is 1240. The van der Waals surface area contributed by atoms with Gasteiger partial charge in [-0.1, -0.05) is 30.4 Å². The Morgan fingerprint density at radius 1 is 1.17 bits per heavy atom. The minimum atomic E-state index is -1.19. The van der Waals surface area contributed by atoms with Crippen molar-refractivity contribution in [3.8, 4) is 6.07 Å². The van der Waals surface area contributed by atoms with Crippen LogP contribution in [-0.2, 0) is 9.53 Å². The molecule has 4 N–H and O–H groups in total. The number of rotatable bonds is 7. The Balaban J connectivity index is 1.37. The summed E-state index contributed by atoms with van der Waals surface area (Å²) in [4.78, 5) is 14.9. The number of carbonyl (C=O) groups is 1. The van der Waals surface area contributed by atoms with Gasteiger partial charge in [0.2, 0.25) is 0 Å². The zero-order valence-corrected chi connectivity index (χ0v) is 20.1. The van der Waals surface area contributed by atoms with Gasteiger partial charge >= 0.3 is 0 Å². The van der Waals surface area contributed by atoms with Gasteiger partial charge in [0.05, 0.1) is 6.61 Å². The number of amides is 1. The number of aliphatic hydroxyl groups is 3. The third-order valence-corrected chi connectivity index (χ3v) is 6.57. The number of nitrogens with zero attached hydrogens (tertiary/aromatic N) is 2. The summed E-state index contributed by atoms with van der Waals surface area (Å²) in [7, 11) is 0. The summed E-state index contributed by atoms with van der Waals surface area (Å²) in [5.74, 6) is -1.46. The molecular weight excluding hydrogens is 458 g/mol. The fourth-order valence-corrected chi connectivity index (χ4v) is 4.51. The zero-order valence-electron chi connectivity index (χ0n) is 20.1. The third-order valence-electron chi connectivity index (χ3n) is 6.57. The summed E-state index contributed by atoms with van der Waals surface area (Å²) in [6, 6.07) is 14.2. The molecule has 188 valence electrons. The Kier molecular flexibility index (Phi) is 8.26. The number of nitrogens with one attached hydrogen (secondary N) is 1. The van der Waals surface area contributed by atoms with E-state index in [4.69, 9.17) is 9.84 Å². The van der Waals surface area contributed by atoms with Gasteiger partial charge in [-0.15, -0.1) is 0 Å². The molecule has 0 saturated carbocycles. The molecule has 4 rings (SSSR count). The third kappa shape index (κ3) is 5.88. The topological polar surface area (TPSA) is 126 Å². The van der Waals surface area contributed by atoms with E-state index in [1.54, 1.807) is 18.2 Å². The fourth-order valence-electron chi connectivity index (χ4n) is 4.51. The molecule has 0 radical (unpaired) electrons. The van der Waals surface area contributed by atoms with Crippen molar-refractivity contribution in [3.63, 3.8) is 0 Å². The highest BCUT2D eigenvalue weighted by Gasteiger charge is 2.29. The predicted octanol–water partition coefficient (Wildman–Crippen LogP) is 3.18. The molecule has 1 unspecified atom stereocenters. The second kappa shape index (κ2) is 11.8. The average molecular weight is 490 g/mol. The molecule has 0 aliphatic carbocycles. The first-order chi connectivity index (χ1) is 17.5. The maximum atomic E-state index is 12.5. The summed E-state index contributed by atoms with van der Waals surface area (Å²) in [6.07, 6.45) is 7.35. The number of anilines is 1. The molecule has 1 fully saturated rings. The van der Waals surface area contributed by atoms with E-state index in [1.165, 1.54) is 24.9 Å². The highest BCUT2D eigenvalue weighted by molar-refractivity contribution is 6.02. The van der Waals surface area contributed by atoms with Crippen molar-refractivity contribution in [2.24, 2.45) is 5.92 Å². The van der Waals surface area contributed by atoms with Gasteiger partial charge in [-0.2, -0.15) is 5.26 Å². The Labute approximate surface area is 210 Å². The number of carbonyl (C=O) groups excluding carboxylic acids is 1. The first-order valence-corrected chi connectivity index (χ1v) is 12.2. The predicted molar refractivity (Wildman–Crippen MR) is 138 cm³/mol. The van der Waals surface area contributed by atoms with Crippen LogP contribution in [0.1, 0.15) is 24.8 Å². The van der Waals surface area contributed by atoms with Gasteiger partial charge in [-0.3, -0.25) is 4.79 Å². The minimum Gasteiger partial charge on any atom is -0.506 e. The van der Waals surface area contributed by atoms with Gasteiger partial charge in [0.25, 0.3) is 5.91 Å². The van der Waals surface area contributed by atoms with E-state index in [2.05, 4.69) is 28.4 Å². The number of fused-ring (bicyclic) bond motifs is 1. The summed E-state index contributed by atoms with van der Waals surface area (Å²) >= 11 is 0. The SMILES string of the molecule is N#C/C(=C\c1ccc2cc(N3CCCCC3)ccc2c1)C(=O)NC/C=C\C1COC(CO)=C(O)[C@@H]1O. The Morgan fingerprint density at radius 2 is 1.92 bits per heavy atom. The van der Waals surface area contributed by atoms with Crippen molar-refractivity contribution in [1.29, 1.82) is 5.26 Å². The highest BCUT2D eigenvalue weighted by Crippen LogP contribution is 2.26. The second-order valence-corrected chi connectivity index (χ2v) is 9.03. The van der Waals surface area contributed by atoms with Crippen LogP contribution in [0.3, 0.4) is 0 Å². The minimum absolute atomic E-state index is 0.0121. The lowest BCUT2D eigenvalue weighted by molar-refractivity contribution is -0.116. The van der Waals surface area contributed by atoms with Crippen LogP contribution in [0.25, 0.3) is 16.8 Å². The van der Waals surface area contributed by atoms with E-state index >= 15 is 0 Å². The molecule has 0 spiro atoms. The molecule has 8 nitrogen and oxygen atoms in total. The smallest absolute Gasteiger partial charge is 0.262 e. The van der Waals surface area contributed by atoms with E-state index < -0.39 is 30.3 Å². The summed E-state index contributed by atoms with van der Waals surface area (Å²) in [5, 5.41) is 43.4. The van der Waals surface area contributed by atoms with Gasteiger partial charge < -0.3 is 30.3 Å². The van der Waals surface area contributed by atoms with Gasteiger partial charge in [-0.25, -0.2) is 0 Å². The van der Waals surface area contributed by atoms with Crippen LogP contribution in [-0.4, -0.2) is 60.2 Å². The molecule has 2 aliphatic heterocycles. The lowest BCUT2D eigenvalue weighted by Gasteiger charge is -2.29. The molecule has 1 saturated heterocycles. The molecule has 0 aromatic heterocycles. The van der Waals surface area contributed by atoms with Gasteiger partial charge in [0.1, 0.15) is 24.4 Å². The number of aliphatic hydroxyl groups excluding tert-OH is 3. The molecule has 2 aromatic rings. The standard InChI is InChI=1S/C28H31N3O5/c29-16-23(28(35)30-10-4-5-22-18-36-25(17-32)27(34)26(22)33)14-19-6-7-21-15-24(9-8-20(21)13-19)31-11-2-1-3-12-31/h4-9,13-15,22,26,32-34H,1-3,10-12,17-18H2,(H,30,35)/b5-4-,23-14+/t22?,26-/m1/s1. The van der Waals surface area contributed by atoms with E-state index in [1.807, 2.05) is 24.3 Å². The van der Waals surface area contributed by atoms with Crippen molar-refractivity contribution in [1.82, 2.24) is 5.32 Å². The van der Waals surface area contributed by atoms with Crippen LogP contribution < -0.4 is 10.2 Å². The highest BCUT2D eigenvalue weighted by atomic mass is 16.5. The molecular formula is C28H31N3O5. The lowest BCUT2D eigenvalue weighted by Crippen LogP contribution is -2.32. The largest absolute Gasteiger partial charge is 0.506 e. The van der Waals surface area contributed by atoms with Crippen molar-refractivity contribution in [2.75, 3.05) is 37.7 Å². The van der Waals surface area contributed by atoms with E-state index in [-0.39, 0.29) is 24.5 Å². The fraction of sp³-hybridized carbons (Fsp3) is 0.357. The molecule has 2 atom stereocenters. The van der Waals surface area contributed by atoms with Crippen molar-refractivity contribution >= 4 is 28.4 Å². The monoisotopic (exact) mass is 489 g/mol. The summed E-state index contributed by atoms with van der Waals surface area (Å²) in [6.45, 7) is 1.91. The van der Waals surface area contributed by atoms with Crippen LogP contribution in [0.4, 0.5) is 5.69 Å². The maximum Gasteiger partial charge on any atom is 0.262 e. The van der Waals surface area contributed by atoms with Crippen molar-refractivity contribution in [2.45, 2.75) is 25.4 Å². The van der Waals surface area contributed by atoms with Gasteiger partial charge in [0.15, 0.2) is 11.5 Å². The summed E-state index contributed by atoms with van der Waals surface area (Å²) < 4.78 is 5.22. The Hall–Kier alpha value is -3.80. The normalized spacial score (nSPS) is 20.9.